The number of alkyl halides is 2. The molecule has 1 aliphatic rings. The summed E-state index contributed by atoms with van der Waals surface area (Å²) in [7, 11) is 0. The summed E-state index contributed by atoms with van der Waals surface area (Å²) in [6, 6.07) is 0.967. The Morgan fingerprint density at radius 1 is 1.20 bits per heavy atom. The lowest BCUT2D eigenvalue weighted by molar-refractivity contribution is -0.299. The molecule has 25 heavy (non-hydrogen) atoms. The molecule has 1 fully saturated rings. The quantitative estimate of drug-likeness (QED) is 0.453. The van der Waals surface area contributed by atoms with E-state index in [4.69, 9.17) is 14.2 Å². The van der Waals surface area contributed by atoms with Crippen molar-refractivity contribution in [2.75, 3.05) is 13.2 Å². The van der Waals surface area contributed by atoms with Gasteiger partial charge in [0.1, 0.15) is 0 Å². The van der Waals surface area contributed by atoms with Gasteiger partial charge in [-0.3, -0.25) is 0 Å². The van der Waals surface area contributed by atoms with Crippen LogP contribution in [0, 0.1) is 17.6 Å². The lowest BCUT2D eigenvalue weighted by atomic mass is 10.1. The van der Waals surface area contributed by atoms with E-state index >= 15 is 0 Å². The molecule has 2 rings (SSSR count). The Hall–Kier alpha value is -2.20. The van der Waals surface area contributed by atoms with Gasteiger partial charge in [-0.25, -0.2) is 18.4 Å². The van der Waals surface area contributed by atoms with Crippen molar-refractivity contribution in [2.45, 2.75) is 26.2 Å². The number of hydrogen-bond acceptors (Lipinski definition) is 6. The molecule has 1 aromatic rings. The lowest BCUT2D eigenvalue weighted by Crippen LogP contribution is -2.35. The molecule has 0 bridgehead atoms. The summed E-state index contributed by atoms with van der Waals surface area (Å²) in [5.74, 6) is -7.51. The Morgan fingerprint density at radius 3 is 2.24 bits per heavy atom. The van der Waals surface area contributed by atoms with Crippen molar-refractivity contribution >= 4 is 11.9 Å². The van der Waals surface area contributed by atoms with E-state index in [1.54, 1.807) is 0 Å². The fraction of sp³-hybridized carbons (Fsp3) is 0.467. The van der Waals surface area contributed by atoms with E-state index in [2.05, 4.69) is 4.74 Å². The molecule has 0 spiro atoms. The van der Waals surface area contributed by atoms with Gasteiger partial charge in [0, 0.05) is 5.92 Å². The van der Waals surface area contributed by atoms with Crippen molar-refractivity contribution in [3.8, 4) is 5.75 Å². The smallest absolute Gasteiger partial charge is 0.379 e. The van der Waals surface area contributed by atoms with Gasteiger partial charge < -0.3 is 18.9 Å². The normalized spacial score (nSPS) is 20.4. The summed E-state index contributed by atoms with van der Waals surface area (Å²) in [5, 5.41) is 0. The number of rotatable bonds is 5. The Bertz CT molecular complexity index is 620. The van der Waals surface area contributed by atoms with Crippen LogP contribution in [0.4, 0.5) is 17.6 Å². The molecule has 1 saturated heterocycles. The van der Waals surface area contributed by atoms with Crippen LogP contribution in [0.3, 0.4) is 0 Å². The maximum Gasteiger partial charge on any atom is 0.379 e. The van der Waals surface area contributed by atoms with E-state index in [1.807, 2.05) is 6.92 Å². The van der Waals surface area contributed by atoms with Gasteiger partial charge in [-0.05, 0) is 18.6 Å². The first-order chi connectivity index (χ1) is 11.8. The van der Waals surface area contributed by atoms with Gasteiger partial charge in [0.05, 0.1) is 18.8 Å². The van der Waals surface area contributed by atoms with Gasteiger partial charge in [0.25, 0.3) is 0 Å². The summed E-state index contributed by atoms with van der Waals surface area (Å²) in [6.07, 6.45) is -2.76. The van der Waals surface area contributed by atoms with Crippen LogP contribution in [-0.2, 0) is 19.0 Å². The molecule has 0 unspecified atom stereocenters. The van der Waals surface area contributed by atoms with Crippen molar-refractivity contribution < 1.29 is 46.1 Å². The van der Waals surface area contributed by atoms with E-state index in [0.29, 0.717) is 25.3 Å². The summed E-state index contributed by atoms with van der Waals surface area (Å²) in [5.41, 5.74) is -0.573. The molecule has 0 atom stereocenters. The van der Waals surface area contributed by atoms with Gasteiger partial charge in [0.15, 0.2) is 11.6 Å². The van der Waals surface area contributed by atoms with Crippen LogP contribution in [0.2, 0.25) is 0 Å². The van der Waals surface area contributed by atoms with Crippen LogP contribution in [0.25, 0.3) is 0 Å². The summed E-state index contributed by atoms with van der Waals surface area (Å²) in [4.78, 5) is 22.6. The Balaban J connectivity index is 2.05. The molecule has 0 aromatic heterocycles. The Kier molecular flexibility index (Phi) is 6.32. The minimum Gasteiger partial charge on any atom is -0.416 e. The van der Waals surface area contributed by atoms with Crippen molar-refractivity contribution in [1.29, 1.82) is 0 Å². The maximum atomic E-state index is 13.7. The molecule has 0 aliphatic carbocycles. The van der Waals surface area contributed by atoms with E-state index in [1.165, 1.54) is 0 Å². The largest absolute Gasteiger partial charge is 0.416 e. The first-order valence-electron chi connectivity index (χ1n) is 7.24. The lowest BCUT2D eigenvalue weighted by Gasteiger charge is -2.27. The second-order valence-corrected chi connectivity index (χ2v) is 5.13. The number of esters is 2. The highest BCUT2D eigenvalue weighted by Gasteiger charge is 2.27. The van der Waals surface area contributed by atoms with E-state index < -0.39 is 47.8 Å². The average Bonchev–Trinajstić information content (AvgIpc) is 2.58. The van der Waals surface area contributed by atoms with Crippen molar-refractivity contribution in [3.63, 3.8) is 0 Å². The molecule has 138 valence electrons. The fourth-order valence-electron chi connectivity index (χ4n) is 1.91. The second-order valence-electron chi connectivity index (χ2n) is 5.13. The fourth-order valence-corrected chi connectivity index (χ4v) is 1.91. The van der Waals surface area contributed by atoms with Gasteiger partial charge in [-0.1, -0.05) is 6.92 Å². The highest BCUT2D eigenvalue weighted by Crippen LogP contribution is 2.25. The second kappa shape index (κ2) is 8.26. The number of hydrogen-bond donors (Lipinski definition) is 0. The number of benzene rings is 1. The number of carbonyl (C=O) groups excluding carboxylic acids is 2. The minimum absolute atomic E-state index is 0.147. The van der Waals surface area contributed by atoms with E-state index in [0.717, 1.165) is 6.42 Å². The van der Waals surface area contributed by atoms with E-state index in [9.17, 15) is 27.2 Å². The van der Waals surface area contributed by atoms with Crippen molar-refractivity contribution in [2.24, 2.45) is 5.92 Å². The van der Waals surface area contributed by atoms with Crippen LogP contribution in [0.1, 0.15) is 23.7 Å². The van der Waals surface area contributed by atoms with Gasteiger partial charge >= 0.3 is 24.8 Å². The minimum atomic E-state index is -3.56. The molecule has 0 amide bonds. The monoisotopic (exact) mass is 366 g/mol. The molecule has 0 saturated carbocycles. The standard InChI is InChI=1S/C15H14F4O6/c1-2-7-5-22-15(23-6-7)25-13(20)8-3-9(16)11(10(17)4-8)24-14(21)12(18)19/h3-4,7,12,15H,2,5-6H2,1H3. The van der Waals surface area contributed by atoms with Crippen LogP contribution in [0.5, 0.6) is 5.75 Å². The molecule has 1 heterocycles. The SMILES string of the molecule is CCC1COC(OC(=O)c2cc(F)c(OC(=O)C(F)F)c(F)c2)OC1. The van der Waals surface area contributed by atoms with Gasteiger partial charge in [-0.15, -0.1) is 0 Å². The topological polar surface area (TPSA) is 71.1 Å². The van der Waals surface area contributed by atoms with Crippen LogP contribution < -0.4 is 4.74 Å². The first-order valence-corrected chi connectivity index (χ1v) is 7.24. The first kappa shape index (κ1) is 19.1. The zero-order chi connectivity index (χ0) is 18.6. The van der Waals surface area contributed by atoms with Gasteiger partial charge in [-0.2, -0.15) is 8.78 Å². The average molecular weight is 366 g/mol. The van der Waals surface area contributed by atoms with E-state index in [-0.39, 0.29) is 5.92 Å². The third-order valence-corrected chi connectivity index (χ3v) is 3.33. The predicted octanol–water partition coefficient (Wildman–Crippen LogP) is 2.65. The zero-order valence-corrected chi connectivity index (χ0v) is 13.0. The Morgan fingerprint density at radius 2 is 1.76 bits per heavy atom. The summed E-state index contributed by atoms with van der Waals surface area (Å²) in [6.45, 7) is 1.19. The highest BCUT2D eigenvalue weighted by atomic mass is 19.3. The molecule has 10 heteroatoms. The third-order valence-electron chi connectivity index (χ3n) is 3.33. The van der Waals surface area contributed by atoms with Crippen molar-refractivity contribution in [1.82, 2.24) is 0 Å². The predicted molar refractivity (Wildman–Crippen MR) is 72.9 cm³/mol. The maximum absolute atomic E-state index is 13.7. The third kappa shape index (κ3) is 4.89. The molecule has 1 aliphatic heterocycles. The molecule has 6 nitrogen and oxygen atoms in total. The molecular weight excluding hydrogens is 352 g/mol. The van der Waals surface area contributed by atoms with Crippen LogP contribution >= 0.6 is 0 Å². The zero-order valence-electron chi connectivity index (χ0n) is 13.0. The van der Waals surface area contributed by atoms with Crippen LogP contribution in [-0.4, -0.2) is 38.1 Å². The number of carbonyl (C=O) groups is 2. The van der Waals surface area contributed by atoms with Crippen molar-refractivity contribution in [3.05, 3.63) is 29.3 Å². The molecular formula is C15H14F4O6. The molecule has 0 N–H and O–H groups in total. The molecule has 1 aromatic carbocycles. The summed E-state index contributed by atoms with van der Waals surface area (Å²) >= 11 is 0. The number of halogens is 4. The summed E-state index contributed by atoms with van der Waals surface area (Å²) < 4.78 is 70.6. The molecule has 0 radical (unpaired) electrons. The van der Waals surface area contributed by atoms with Gasteiger partial charge in [0.2, 0.25) is 5.75 Å². The van der Waals surface area contributed by atoms with Crippen LogP contribution in [0.15, 0.2) is 12.1 Å². The Labute approximate surface area is 139 Å². The highest BCUT2D eigenvalue weighted by molar-refractivity contribution is 5.89. The number of ether oxygens (including phenoxy) is 4.